The number of carboxylic acid groups (broad SMARTS) is 1. The molecule has 232 valence electrons. The molecule has 43 heavy (non-hydrogen) atoms. The molecule has 1 aliphatic heterocycles. The largest absolute Gasteiger partial charge is 0.497 e. The van der Waals surface area contributed by atoms with Crippen molar-refractivity contribution in [2.75, 3.05) is 33.4 Å². The van der Waals surface area contributed by atoms with Crippen LogP contribution in [0, 0.1) is 12.8 Å². The van der Waals surface area contributed by atoms with Gasteiger partial charge in [0, 0.05) is 51.1 Å². The molecule has 2 fully saturated rings. The number of nitrogens with one attached hydrogen (secondary N) is 1. The summed E-state index contributed by atoms with van der Waals surface area (Å²) in [5.74, 6) is 1.69. The van der Waals surface area contributed by atoms with Crippen molar-refractivity contribution in [3.8, 4) is 22.8 Å². The fourth-order valence-electron chi connectivity index (χ4n) is 5.37. The van der Waals surface area contributed by atoms with Crippen molar-refractivity contribution < 1.29 is 28.9 Å². The van der Waals surface area contributed by atoms with Crippen LogP contribution in [-0.4, -0.2) is 84.1 Å². The molecule has 1 saturated heterocycles. The normalized spacial score (nSPS) is 16.0. The maximum atomic E-state index is 13.8. The number of amides is 2. The smallest absolute Gasteiger partial charge is 0.407 e. The second-order valence-corrected chi connectivity index (χ2v) is 18.4. The van der Waals surface area contributed by atoms with Crippen LogP contribution in [0.1, 0.15) is 41.7 Å². The highest BCUT2D eigenvalue weighted by atomic mass is 28.3. The Morgan fingerprint density at radius 3 is 2.51 bits per heavy atom. The number of aromatic nitrogens is 3. The number of carbonyl (C=O) groups excluding carboxylic acids is 1. The molecule has 1 aromatic carbocycles. The Morgan fingerprint density at radius 1 is 1.12 bits per heavy atom. The summed E-state index contributed by atoms with van der Waals surface area (Å²) in [6.45, 7) is 11.1. The zero-order chi connectivity index (χ0) is 30.7. The minimum atomic E-state index is -1.30. The molecular formula is C31H43N5O6Si. The topological polar surface area (TPSA) is 128 Å². The van der Waals surface area contributed by atoms with Crippen molar-refractivity contribution in [2.24, 2.45) is 5.92 Å². The van der Waals surface area contributed by atoms with Crippen molar-refractivity contribution in [2.45, 2.75) is 71.1 Å². The summed E-state index contributed by atoms with van der Waals surface area (Å²) in [4.78, 5) is 35.9. The van der Waals surface area contributed by atoms with Crippen LogP contribution in [0.4, 0.5) is 4.79 Å². The molecule has 0 unspecified atom stereocenters. The third-order valence-corrected chi connectivity index (χ3v) is 9.96. The highest BCUT2D eigenvalue weighted by molar-refractivity contribution is 6.76. The predicted molar refractivity (Wildman–Crippen MR) is 167 cm³/mol. The first-order chi connectivity index (χ1) is 20.6. The second-order valence-electron chi connectivity index (χ2n) is 12.8. The molecular weight excluding hydrogens is 566 g/mol. The van der Waals surface area contributed by atoms with Gasteiger partial charge in [-0.15, -0.1) is 0 Å². The molecule has 1 saturated carbocycles. The number of nitrogens with zero attached hydrogens (tertiary/aromatic N) is 4. The molecule has 3 heterocycles. The number of likely N-dealkylation sites (tertiary alicyclic amines) is 1. The van der Waals surface area contributed by atoms with Crippen LogP contribution in [0.3, 0.4) is 0 Å². The first kappa shape index (κ1) is 30.8. The zero-order valence-electron chi connectivity index (χ0n) is 25.8. The van der Waals surface area contributed by atoms with Gasteiger partial charge < -0.3 is 34.1 Å². The number of benzene rings is 1. The van der Waals surface area contributed by atoms with Gasteiger partial charge in [0.25, 0.3) is 5.91 Å². The van der Waals surface area contributed by atoms with E-state index in [0.717, 1.165) is 17.3 Å². The Balaban J connectivity index is 1.52. The van der Waals surface area contributed by atoms with Crippen molar-refractivity contribution in [1.82, 2.24) is 24.8 Å². The van der Waals surface area contributed by atoms with Gasteiger partial charge in [0.15, 0.2) is 0 Å². The summed E-state index contributed by atoms with van der Waals surface area (Å²) >= 11 is 0. The Kier molecular flexibility index (Phi) is 9.26. The Morgan fingerprint density at radius 2 is 1.86 bits per heavy atom. The van der Waals surface area contributed by atoms with Crippen LogP contribution in [-0.2, 0) is 11.5 Å². The van der Waals surface area contributed by atoms with Gasteiger partial charge in [0.05, 0.1) is 24.8 Å². The highest BCUT2D eigenvalue weighted by Crippen LogP contribution is 2.39. The van der Waals surface area contributed by atoms with Crippen LogP contribution in [0.15, 0.2) is 24.5 Å². The lowest BCUT2D eigenvalue weighted by Crippen LogP contribution is -2.46. The number of hydrogen-bond donors (Lipinski definition) is 2. The summed E-state index contributed by atoms with van der Waals surface area (Å²) < 4.78 is 20.0. The van der Waals surface area contributed by atoms with Gasteiger partial charge in [0.1, 0.15) is 35.8 Å². The van der Waals surface area contributed by atoms with E-state index in [1.54, 1.807) is 7.11 Å². The van der Waals surface area contributed by atoms with Crippen LogP contribution >= 0.6 is 0 Å². The number of methoxy groups -OCH3 is 1. The third-order valence-electron chi connectivity index (χ3n) is 8.26. The summed E-state index contributed by atoms with van der Waals surface area (Å²) in [6.07, 6.45) is 4.02. The first-order valence-electron chi connectivity index (χ1n) is 15.1. The maximum absolute atomic E-state index is 13.8. The van der Waals surface area contributed by atoms with E-state index in [1.807, 2.05) is 29.7 Å². The molecule has 12 heteroatoms. The van der Waals surface area contributed by atoms with E-state index < -0.39 is 14.2 Å². The second kappa shape index (κ2) is 12.9. The molecule has 1 aliphatic carbocycles. The van der Waals surface area contributed by atoms with Crippen molar-refractivity contribution in [1.29, 1.82) is 0 Å². The van der Waals surface area contributed by atoms with Gasteiger partial charge in [-0.3, -0.25) is 4.79 Å². The summed E-state index contributed by atoms with van der Waals surface area (Å²) in [7, 11) is 0.333. The van der Waals surface area contributed by atoms with Crippen molar-refractivity contribution in [3.63, 3.8) is 0 Å². The predicted octanol–water partition coefficient (Wildman–Crippen LogP) is 5.39. The molecule has 2 amide bonds. The van der Waals surface area contributed by atoms with Crippen LogP contribution < -0.4 is 14.8 Å². The summed E-state index contributed by atoms with van der Waals surface area (Å²) in [5, 5.41) is 12.4. The van der Waals surface area contributed by atoms with Crippen LogP contribution in [0.5, 0.6) is 11.5 Å². The number of ether oxygens (including phenoxy) is 3. The highest BCUT2D eigenvalue weighted by Gasteiger charge is 2.29. The van der Waals surface area contributed by atoms with E-state index >= 15 is 0 Å². The summed E-state index contributed by atoms with van der Waals surface area (Å²) in [5.41, 5.74) is 3.91. The first-order valence-corrected chi connectivity index (χ1v) is 18.8. The Labute approximate surface area is 253 Å². The molecule has 5 rings (SSSR count). The fraction of sp³-hybridized carbons (Fsp3) is 0.548. The average Bonchev–Trinajstić information content (AvgIpc) is 3.76. The third kappa shape index (κ3) is 7.30. The van der Waals surface area contributed by atoms with Gasteiger partial charge in [-0.05, 0) is 56.7 Å². The molecule has 2 aliphatic rings. The number of fused-ring (bicyclic) bond motifs is 1. The minimum absolute atomic E-state index is 0.126. The van der Waals surface area contributed by atoms with E-state index in [4.69, 9.17) is 19.2 Å². The van der Waals surface area contributed by atoms with E-state index in [9.17, 15) is 14.7 Å². The van der Waals surface area contributed by atoms with E-state index in [1.165, 1.54) is 24.1 Å². The van der Waals surface area contributed by atoms with Crippen LogP contribution in [0.2, 0.25) is 25.7 Å². The Bertz CT molecular complexity index is 1470. The fourth-order valence-corrected chi connectivity index (χ4v) is 6.12. The Hall–Kier alpha value is -3.64. The molecule has 0 atom stereocenters. The zero-order valence-corrected chi connectivity index (χ0v) is 26.8. The SMILES string of the molecule is COc1ccc(-c2ncnc3c(C(=O)NC4CCN(C(=O)O)CC4)c(C)n(COCC[Si](C)(C)C)c23)c(OCC2CC2)c1. The lowest BCUT2D eigenvalue weighted by atomic mass is 10.0. The molecule has 3 aromatic rings. The standard InChI is InChI=1S/C31H43N5O6Si/c1-20-26(30(37)34-22-10-12-35(13-11-22)31(38)39)28-29(36(20)19-41-14-15-43(3,4)5)27(32-18-33-28)24-9-8-23(40-2)16-25(24)42-17-21-6-7-21/h8-9,16,18,21-22H,6-7,10-15,17,19H2,1-5H3,(H,34,37)(H,38,39). The van der Waals surface area contributed by atoms with Crippen LogP contribution in [0.25, 0.3) is 22.3 Å². The lowest BCUT2D eigenvalue weighted by molar-refractivity contribution is 0.0874. The van der Waals surface area contributed by atoms with Gasteiger partial charge in [-0.1, -0.05) is 19.6 Å². The van der Waals surface area contributed by atoms with Crippen molar-refractivity contribution in [3.05, 3.63) is 35.8 Å². The van der Waals surface area contributed by atoms with E-state index in [2.05, 4.69) is 29.9 Å². The number of rotatable bonds is 12. The monoisotopic (exact) mass is 609 g/mol. The van der Waals surface area contributed by atoms with Gasteiger partial charge in [-0.2, -0.15) is 0 Å². The lowest BCUT2D eigenvalue weighted by Gasteiger charge is -2.30. The summed E-state index contributed by atoms with van der Waals surface area (Å²) in [6, 6.07) is 6.60. The molecule has 0 spiro atoms. The van der Waals surface area contributed by atoms with Gasteiger partial charge in [0.2, 0.25) is 0 Å². The average molecular weight is 610 g/mol. The molecule has 0 bridgehead atoms. The van der Waals surface area contributed by atoms with E-state index in [0.29, 0.717) is 78.9 Å². The molecule has 2 aromatic heterocycles. The quantitative estimate of drug-likeness (QED) is 0.207. The minimum Gasteiger partial charge on any atom is -0.497 e. The number of carbonyl (C=O) groups is 2. The molecule has 2 N–H and O–H groups in total. The maximum Gasteiger partial charge on any atom is 0.407 e. The van der Waals surface area contributed by atoms with Gasteiger partial charge in [-0.25, -0.2) is 14.8 Å². The molecule has 0 radical (unpaired) electrons. The van der Waals surface area contributed by atoms with Gasteiger partial charge >= 0.3 is 6.09 Å². The molecule has 11 nitrogen and oxygen atoms in total. The number of piperidine rings is 1. The van der Waals surface area contributed by atoms with E-state index in [-0.39, 0.29) is 18.7 Å². The van der Waals surface area contributed by atoms with Crippen molar-refractivity contribution >= 4 is 31.1 Å². The number of hydrogen-bond acceptors (Lipinski definition) is 7.